The molecule has 0 fully saturated rings. The first-order valence-corrected chi connectivity index (χ1v) is 8.69. The van der Waals surface area contributed by atoms with Crippen molar-refractivity contribution in [2.24, 2.45) is 5.73 Å². The van der Waals surface area contributed by atoms with Gasteiger partial charge in [0.05, 0.1) is 23.4 Å². The Balaban J connectivity index is 0.00000261. The standard InChI is InChI=1S/C18H17FN4O2S.ClH/c1-12(24)16-5-6-17(26-16)14-3-2-4-15(7-14)22-11-21-23(18(22)25)10-13(8-19)9-20;/h2-8,11H,9-10,20H2,1H3;1H/b13-8+;. The number of thiophene rings is 1. The lowest BCUT2D eigenvalue weighted by Crippen LogP contribution is -2.25. The highest BCUT2D eigenvalue weighted by atomic mass is 35.5. The second-order valence-corrected chi connectivity index (χ2v) is 6.77. The highest BCUT2D eigenvalue weighted by molar-refractivity contribution is 7.17. The van der Waals surface area contributed by atoms with Crippen LogP contribution in [-0.4, -0.2) is 26.7 Å². The van der Waals surface area contributed by atoms with Crippen molar-refractivity contribution in [3.63, 3.8) is 0 Å². The van der Waals surface area contributed by atoms with Crippen LogP contribution in [0.25, 0.3) is 16.1 Å². The minimum Gasteiger partial charge on any atom is -0.327 e. The van der Waals surface area contributed by atoms with Crippen LogP contribution in [0.15, 0.2) is 59.4 Å². The molecule has 0 unspecified atom stereocenters. The van der Waals surface area contributed by atoms with Gasteiger partial charge in [-0.3, -0.25) is 4.79 Å². The lowest BCUT2D eigenvalue weighted by atomic mass is 10.1. The summed E-state index contributed by atoms with van der Waals surface area (Å²) in [6.07, 6.45) is 1.79. The number of carbonyl (C=O) groups is 1. The van der Waals surface area contributed by atoms with Crippen LogP contribution in [0.4, 0.5) is 4.39 Å². The zero-order chi connectivity index (χ0) is 18.7. The third-order valence-electron chi connectivity index (χ3n) is 3.86. The summed E-state index contributed by atoms with van der Waals surface area (Å²) in [5, 5.41) is 4.02. The summed E-state index contributed by atoms with van der Waals surface area (Å²) < 4.78 is 15.2. The Kier molecular flexibility index (Phi) is 6.84. The highest BCUT2D eigenvalue weighted by Crippen LogP contribution is 2.29. The van der Waals surface area contributed by atoms with Gasteiger partial charge in [0.1, 0.15) is 6.33 Å². The van der Waals surface area contributed by atoms with Crippen LogP contribution in [0.1, 0.15) is 16.6 Å². The molecule has 2 heterocycles. The third kappa shape index (κ3) is 4.41. The number of Topliss-reactive ketones (excluding diaryl/α,β-unsaturated/α-hetero) is 1. The fourth-order valence-electron chi connectivity index (χ4n) is 2.45. The number of nitrogens with zero attached hydrogens (tertiary/aromatic N) is 3. The van der Waals surface area contributed by atoms with Crippen LogP contribution in [0.2, 0.25) is 0 Å². The van der Waals surface area contributed by atoms with Crippen molar-refractivity contribution in [2.45, 2.75) is 13.5 Å². The lowest BCUT2D eigenvalue weighted by Gasteiger charge is -2.04. The Morgan fingerprint density at radius 2 is 2.11 bits per heavy atom. The lowest BCUT2D eigenvalue weighted by molar-refractivity contribution is 0.102. The molecule has 6 nitrogen and oxygen atoms in total. The van der Waals surface area contributed by atoms with Crippen molar-refractivity contribution in [3.8, 4) is 16.1 Å². The molecule has 0 spiro atoms. The summed E-state index contributed by atoms with van der Waals surface area (Å²) in [6, 6.07) is 11.0. The average molecular weight is 409 g/mol. The minimum absolute atomic E-state index is 0. The number of carbonyl (C=O) groups excluding carboxylic acids is 1. The molecule has 142 valence electrons. The molecular formula is C18H18ClFN4O2S. The van der Waals surface area contributed by atoms with Gasteiger partial charge < -0.3 is 5.73 Å². The fraction of sp³-hybridized carbons (Fsp3) is 0.167. The summed E-state index contributed by atoms with van der Waals surface area (Å²) >= 11 is 1.40. The van der Waals surface area contributed by atoms with Gasteiger partial charge in [-0.2, -0.15) is 5.10 Å². The van der Waals surface area contributed by atoms with Gasteiger partial charge >= 0.3 is 5.69 Å². The molecule has 0 atom stereocenters. The van der Waals surface area contributed by atoms with E-state index in [1.165, 1.54) is 29.2 Å². The van der Waals surface area contributed by atoms with Crippen molar-refractivity contribution in [1.82, 2.24) is 14.3 Å². The second kappa shape index (κ2) is 8.90. The number of nitrogens with two attached hydrogens (primary N) is 1. The van der Waals surface area contributed by atoms with Gasteiger partial charge in [-0.25, -0.2) is 18.4 Å². The zero-order valence-corrected chi connectivity index (χ0v) is 16.1. The van der Waals surface area contributed by atoms with Crippen molar-refractivity contribution >= 4 is 29.5 Å². The molecule has 2 N–H and O–H groups in total. The first kappa shape index (κ1) is 20.8. The number of benzene rings is 1. The van der Waals surface area contributed by atoms with E-state index < -0.39 is 0 Å². The monoisotopic (exact) mass is 408 g/mol. The van der Waals surface area contributed by atoms with Crippen LogP contribution in [0, 0.1) is 0 Å². The highest BCUT2D eigenvalue weighted by Gasteiger charge is 2.11. The number of rotatable bonds is 6. The van der Waals surface area contributed by atoms with Gasteiger partial charge in [0.25, 0.3) is 0 Å². The predicted octanol–water partition coefficient (Wildman–Crippen LogP) is 3.20. The maximum atomic E-state index is 12.7. The normalized spacial score (nSPS) is 11.3. The van der Waals surface area contributed by atoms with Crippen LogP contribution in [-0.2, 0) is 6.54 Å². The molecule has 0 saturated heterocycles. The predicted molar refractivity (Wildman–Crippen MR) is 107 cm³/mol. The van der Waals surface area contributed by atoms with Gasteiger partial charge in [0, 0.05) is 11.4 Å². The smallest absolute Gasteiger partial charge is 0.327 e. The number of aromatic nitrogens is 3. The number of ketones is 1. The zero-order valence-electron chi connectivity index (χ0n) is 14.5. The summed E-state index contributed by atoms with van der Waals surface area (Å²) in [6.45, 7) is 1.55. The molecule has 3 rings (SSSR count). The molecule has 0 aliphatic carbocycles. The molecule has 3 aromatic rings. The first-order valence-electron chi connectivity index (χ1n) is 7.87. The molecule has 1 aromatic carbocycles. The summed E-state index contributed by atoms with van der Waals surface area (Å²) in [7, 11) is 0. The van der Waals surface area contributed by atoms with E-state index in [0.717, 1.165) is 15.1 Å². The third-order valence-corrected chi connectivity index (χ3v) is 5.10. The molecule has 0 saturated carbocycles. The van der Waals surface area contributed by atoms with E-state index in [1.807, 2.05) is 24.3 Å². The number of hydrogen-bond donors (Lipinski definition) is 1. The molecule has 27 heavy (non-hydrogen) atoms. The number of halogens is 2. The summed E-state index contributed by atoms with van der Waals surface area (Å²) in [4.78, 5) is 25.6. The summed E-state index contributed by atoms with van der Waals surface area (Å²) in [5.41, 5.74) is 6.85. The van der Waals surface area contributed by atoms with E-state index in [4.69, 9.17) is 5.73 Å². The molecular weight excluding hydrogens is 391 g/mol. The van der Waals surface area contributed by atoms with Gasteiger partial charge in [0.2, 0.25) is 0 Å². The van der Waals surface area contributed by atoms with E-state index in [1.54, 1.807) is 12.1 Å². The van der Waals surface area contributed by atoms with Crippen molar-refractivity contribution in [2.75, 3.05) is 6.54 Å². The van der Waals surface area contributed by atoms with Crippen LogP contribution >= 0.6 is 23.7 Å². The van der Waals surface area contributed by atoms with E-state index >= 15 is 0 Å². The second-order valence-electron chi connectivity index (χ2n) is 5.68. The minimum atomic E-state index is -0.384. The molecule has 2 aromatic heterocycles. The topological polar surface area (TPSA) is 82.9 Å². The van der Waals surface area contributed by atoms with E-state index in [0.29, 0.717) is 16.9 Å². The van der Waals surface area contributed by atoms with Crippen LogP contribution in [0.5, 0.6) is 0 Å². The maximum absolute atomic E-state index is 12.7. The maximum Gasteiger partial charge on any atom is 0.350 e. The van der Waals surface area contributed by atoms with Crippen LogP contribution in [0.3, 0.4) is 0 Å². The molecule has 0 bridgehead atoms. The Hall–Kier alpha value is -2.55. The van der Waals surface area contributed by atoms with Crippen molar-refractivity contribution in [3.05, 3.63) is 70.0 Å². The molecule has 0 radical (unpaired) electrons. The van der Waals surface area contributed by atoms with Gasteiger partial charge in [-0.1, -0.05) is 12.1 Å². The van der Waals surface area contributed by atoms with Gasteiger partial charge in [-0.15, -0.1) is 23.7 Å². The Bertz CT molecular complexity index is 1040. The molecule has 9 heteroatoms. The number of hydrogen-bond acceptors (Lipinski definition) is 5. The van der Waals surface area contributed by atoms with E-state index in [-0.39, 0.29) is 42.5 Å². The van der Waals surface area contributed by atoms with Gasteiger partial charge in [0.15, 0.2) is 5.78 Å². The Morgan fingerprint density at radius 3 is 2.74 bits per heavy atom. The van der Waals surface area contributed by atoms with E-state index in [9.17, 15) is 14.0 Å². The Morgan fingerprint density at radius 1 is 1.33 bits per heavy atom. The van der Waals surface area contributed by atoms with Crippen molar-refractivity contribution < 1.29 is 9.18 Å². The largest absolute Gasteiger partial charge is 0.350 e. The fourth-order valence-corrected chi connectivity index (χ4v) is 3.35. The quantitative estimate of drug-likeness (QED) is 0.635. The molecule has 0 aliphatic heterocycles. The first-order chi connectivity index (χ1) is 12.5. The SMILES string of the molecule is CC(=O)c1ccc(-c2cccc(-n3cnn(C/C(=C/F)CN)c3=O)c2)s1.Cl. The Labute approximate surface area is 165 Å². The van der Waals surface area contributed by atoms with Crippen LogP contribution < -0.4 is 11.4 Å². The van der Waals surface area contributed by atoms with E-state index in [2.05, 4.69) is 5.10 Å². The van der Waals surface area contributed by atoms with Gasteiger partial charge in [-0.05, 0) is 42.3 Å². The summed E-state index contributed by atoms with van der Waals surface area (Å²) in [5.74, 6) is 0.0199. The molecule has 0 aliphatic rings. The molecule has 0 amide bonds. The van der Waals surface area contributed by atoms with Crippen molar-refractivity contribution in [1.29, 1.82) is 0 Å². The average Bonchev–Trinajstić information content (AvgIpc) is 3.27.